The summed E-state index contributed by atoms with van der Waals surface area (Å²) in [5.41, 5.74) is 2.04. The molecule has 0 amide bonds. The first kappa shape index (κ1) is 11.4. The lowest BCUT2D eigenvalue weighted by Crippen LogP contribution is -2.01. The lowest BCUT2D eigenvalue weighted by atomic mass is 10.2. The van der Waals surface area contributed by atoms with E-state index >= 15 is 0 Å². The SMILES string of the molecule is CCCc1nc(CC)c2cc(Cl)n(C)c2n1. The number of aryl methyl sites for hydroxylation is 3. The van der Waals surface area contributed by atoms with Gasteiger partial charge < -0.3 is 4.57 Å². The highest BCUT2D eigenvalue weighted by atomic mass is 35.5. The van der Waals surface area contributed by atoms with Crippen LogP contribution in [0, 0.1) is 0 Å². The number of hydrogen-bond donors (Lipinski definition) is 0. The first-order valence-corrected chi connectivity index (χ1v) is 6.05. The Morgan fingerprint density at radius 1 is 1.31 bits per heavy atom. The smallest absolute Gasteiger partial charge is 0.144 e. The number of fused-ring (bicyclic) bond motifs is 1. The van der Waals surface area contributed by atoms with E-state index in [0.717, 1.165) is 41.8 Å². The monoisotopic (exact) mass is 237 g/mol. The second-order valence-corrected chi connectivity index (χ2v) is 4.34. The van der Waals surface area contributed by atoms with Crippen LogP contribution in [0.5, 0.6) is 0 Å². The Morgan fingerprint density at radius 2 is 2.06 bits per heavy atom. The van der Waals surface area contributed by atoms with Crippen molar-refractivity contribution >= 4 is 22.6 Å². The standard InChI is InChI=1S/C12H16ClN3/c1-4-6-11-14-9(5-2)8-7-10(13)16(3)12(8)15-11/h7H,4-6H2,1-3H3. The molecule has 2 aromatic heterocycles. The Hall–Kier alpha value is -1.09. The summed E-state index contributed by atoms with van der Waals surface area (Å²) < 4.78 is 1.91. The second-order valence-electron chi connectivity index (χ2n) is 3.95. The number of halogens is 1. The summed E-state index contributed by atoms with van der Waals surface area (Å²) in [6.07, 6.45) is 2.90. The van der Waals surface area contributed by atoms with Crippen LogP contribution in [0.2, 0.25) is 5.15 Å². The number of aromatic nitrogens is 3. The molecule has 2 rings (SSSR count). The van der Waals surface area contributed by atoms with Gasteiger partial charge in [0.15, 0.2) is 0 Å². The van der Waals surface area contributed by atoms with Gasteiger partial charge in [-0.15, -0.1) is 0 Å². The number of rotatable bonds is 3. The van der Waals surface area contributed by atoms with E-state index in [-0.39, 0.29) is 0 Å². The third kappa shape index (κ3) is 1.80. The molecule has 0 fully saturated rings. The lowest BCUT2D eigenvalue weighted by molar-refractivity contribution is 0.815. The van der Waals surface area contributed by atoms with Gasteiger partial charge in [0.2, 0.25) is 0 Å². The third-order valence-corrected chi connectivity index (χ3v) is 3.12. The highest BCUT2D eigenvalue weighted by Gasteiger charge is 2.11. The van der Waals surface area contributed by atoms with Crippen LogP contribution in [0.3, 0.4) is 0 Å². The molecule has 0 aliphatic heterocycles. The van der Waals surface area contributed by atoms with Gasteiger partial charge in [0.05, 0.1) is 5.69 Å². The maximum atomic E-state index is 6.11. The molecule has 0 spiro atoms. The Balaban J connectivity index is 2.68. The zero-order chi connectivity index (χ0) is 11.7. The fraction of sp³-hybridized carbons (Fsp3) is 0.500. The Morgan fingerprint density at radius 3 is 2.69 bits per heavy atom. The maximum absolute atomic E-state index is 6.11. The van der Waals surface area contributed by atoms with Crippen molar-refractivity contribution in [3.8, 4) is 0 Å². The molecule has 4 heteroatoms. The van der Waals surface area contributed by atoms with Crippen LogP contribution in [-0.2, 0) is 19.9 Å². The van der Waals surface area contributed by atoms with E-state index in [1.165, 1.54) is 0 Å². The fourth-order valence-electron chi connectivity index (χ4n) is 1.88. The van der Waals surface area contributed by atoms with Crippen molar-refractivity contribution in [2.24, 2.45) is 7.05 Å². The summed E-state index contributed by atoms with van der Waals surface area (Å²) in [5, 5.41) is 1.79. The van der Waals surface area contributed by atoms with Crippen LogP contribution < -0.4 is 0 Å². The Bertz CT molecular complexity index is 516. The molecule has 0 N–H and O–H groups in total. The zero-order valence-electron chi connectivity index (χ0n) is 9.92. The van der Waals surface area contributed by atoms with Crippen molar-refractivity contribution in [1.29, 1.82) is 0 Å². The van der Waals surface area contributed by atoms with E-state index in [1.54, 1.807) is 0 Å². The molecule has 0 saturated heterocycles. The number of hydrogen-bond acceptors (Lipinski definition) is 2. The molecule has 2 heterocycles. The van der Waals surface area contributed by atoms with Gasteiger partial charge in [0.1, 0.15) is 16.6 Å². The molecule has 0 radical (unpaired) electrons. The van der Waals surface area contributed by atoms with Gasteiger partial charge in [-0.25, -0.2) is 9.97 Å². The van der Waals surface area contributed by atoms with E-state index in [2.05, 4.69) is 23.8 Å². The van der Waals surface area contributed by atoms with E-state index in [0.29, 0.717) is 5.15 Å². The largest absolute Gasteiger partial charge is 0.319 e. The first-order valence-electron chi connectivity index (χ1n) is 5.68. The molecule has 0 atom stereocenters. The van der Waals surface area contributed by atoms with E-state index in [9.17, 15) is 0 Å². The highest BCUT2D eigenvalue weighted by Crippen LogP contribution is 2.23. The predicted molar refractivity (Wildman–Crippen MR) is 66.9 cm³/mol. The molecule has 2 aromatic rings. The Labute approximate surface area is 100 Å². The van der Waals surface area contributed by atoms with Gasteiger partial charge in [0.25, 0.3) is 0 Å². The molecular formula is C12H16ClN3. The Kier molecular flexibility index (Phi) is 3.15. The van der Waals surface area contributed by atoms with Gasteiger partial charge in [0, 0.05) is 18.9 Å². The van der Waals surface area contributed by atoms with Gasteiger partial charge in [-0.1, -0.05) is 25.4 Å². The summed E-state index contributed by atoms with van der Waals surface area (Å²) in [7, 11) is 1.94. The van der Waals surface area contributed by atoms with Gasteiger partial charge >= 0.3 is 0 Å². The van der Waals surface area contributed by atoms with Crippen LogP contribution in [0.1, 0.15) is 31.8 Å². The summed E-state index contributed by atoms with van der Waals surface area (Å²) in [6, 6.07) is 1.95. The molecule has 3 nitrogen and oxygen atoms in total. The predicted octanol–water partition coefficient (Wildman–Crippen LogP) is 3.14. The maximum Gasteiger partial charge on any atom is 0.144 e. The van der Waals surface area contributed by atoms with Crippen LogP contribution >= 0.6 is 11.6 Å². The van der Waals surface area contributed by atoms with E-state index < -0.39 is 0 Å². The molecule has 0 unspecified atom stereocenters. The first-order chi connectivity index (χ1) is 7.67. The number of nitrogens with zero attached hydrogens (tertiary/aromatic N) is 3. The van der Waals surface area contributed by atoms with E-state index in [1.807, 2.05) is 17.7 Å². The molecule has 0 bridgehead atoms. The zero-order valence-corrected chi connectivity index (χ0v) is 10.7. The highest BCUT2D eigenvalue weighted by molar-refractivity contribution is 6.30. The summed E-state index contributed by atoms with van der Waals surface area (Å²) in [5.74, 6) is 0.921. The van der Waals surface area contributed by atoms with Crippen molar-refractivity contribution in [3.05, 3.63) is 22.7 Å². The molecular weight excluding hydrogens is 222 g/mol. The molecule has 86 valence electrons. The summed E-state index contributed by atoms with van der Waals surface area (Å²) >= 11 is 6.11. The normalized spacial score (nSPS) is 11.2. The van der Waals surface area contributed by atoms with Crippen molar-refractivity contribution < 1.29 is 0 Å². The molecule has 16 heavy (non-hydrogen) atoms. The topological polar surface area (TPSA) is 30.7 Å². The van der Waals surface area contributed by atoms with Gasteiger partial charge in [-0.3, -0.25) is 0 Å². The second kappa shape index (κ2) is 4.42. The minimum Gasteiger partial charge on any atom is -0.319 e. The van der Waals surface area contributed by atoms with Gasteiger partial charge in [-0.2, -0.15) is 0 Å². The van der Waals surface area contributed by atoms with Gasteiger partial charge in [-0.05, 0) is 18.9 Å². The fourth-order valence-corrected chi connectivity index (χ4v) is 2.07. The van der Waals surface area contributed by atoms with Crippen LogP contribution in [0.25, 0.3) is 11.0 Å². The molecule has 0 aliphatic carbocycles. The molecule has 0 aliphatic rings. The van der Waals surface area contributed by atoms with Crippen molar-refractivity contribution in [3.63, 3.8) is 0 Å². The molecule has 0 aromatic carbocycles. The summed E-state index contributed by atoms with van der Waals surface area (Å²) in [4.78, 5) is 9.14. The van der Waals surface area contributed by atoms with Crippen molar-refractivity contribution in [2.45, 2.75) is 33.1 Å². The average molecular weight is 238 g/mol. The van der Waals surface area contributed by atoms with Crippen LogP contribution in [-0.4, -0.2) is 14.5 Å². The van der Waals surface area contributed by atoms with Crippen molar-refractivity contribution in [1.82, 2.24) is 14.5 Å². The average Bonchev–Trinajstić information content (AvgIpc) is 2.56. The molecule has 0 saturated carbocycles. The van der Waals surface area contributed by atoms with Crippen LogP contribution in [0.15, 0.2) is 6.07 Å². The lowest BCUT2D eigenvalue weighted by Gasteiger charge is -2.04. The van der Waals surface area contributed by atoms with E-state index in [4.69, 9.17) is 11.6 Å². The van der Waals surface area contributed by atoms with Crippen LogP contribution in [0.4, 0.5) is 0 Å². The summed E-state index contributed by atoms with van der Waals surface area (Å²) in [6.45, 7) is 4.25. The quantitative estimate of drug-likeness (QED) is 0.821. The minimum absolute atomic E-state index is 0.715. The van der Waals surface area contributed by atoms with Crippen molar-refractivity contribution in [2.75, 3.05) is 0 Å². The minimum atomic E-state index is 0.715. The third-order valence-electron chi connectivity index (χ3n) is 2.76.